The van der Waals surface area contributed by atoms with Gasteiger partial charge in [0.15, 0.2) is 0 Å². The number of hydrogen-bond donors (Lipinski definition) is 0. The number of aryl methyl sites for hydroxylation is 2. The Bertz CT molecular complexity index is 822. The molecule has 35 heavy (non-hydrogen) atoms. The van der Waals surface area contributed by atoms with Crippen LogP contribution in [0.5, 0.6) is 0 Å². The van der Waals surface area contributed by atoms with Gasteiger partial charge in [0.05, 0.1) is 17.1 Å². The van der Waals surface area contributed by atoms with Crippen LogP contribution in [0.25, 0.3) is 0 Å². The van der Waals surface area contributed by atoms with Gasteiger partial charge in [-0.1, -0.05) is 103 Å². The molecule has 0 aliphatic heterocycles. The van der Waals surface area contributed by atoms with Crippen LogP contribution < -0.4 is 0 Å². The summed E-state index contributed by atoms with van der Waals surface area (Å²) < 4.78 is 0. The average Bonchev–Trinajstić information content (AvgIpc) is 2.86. The van der Waals surface area contributed by atoms with Crippen LogP contribution in [0.4, 0.5) is 11.4 Å². The van der Waals surface area contributed by atoms with E-state index >= 15 is 0 Å². The molecule has 0 unspecified atom stereocenters. The van der Waals surface area contributed by atoms with Gasteiger partial charge in [0.25, 0.3) is 0 Å². The molecule has 0 fully saturated rings. The van der Waals surface area contributed by atoms with Crippen molar-refractivity contribution in [3.8, 4) is 0 Å². The molecule has 2 nitrogen and oxygen atoms in total. The molecule has 0 heterocycles. The molecule has 0 N–H and O–H groups in total. The molecule has 0 bridgehead atoms. The Morgan fingerprint density at radius 1 is 0.571 bits per heavy atom. The predicted molar refractivity (Wildman–Crippen MR) is 153 cm³/mol. The molecule has 0 saturated heterocycles. The van der Waals surface area contributed by atoms with Crippen LogP contribution in [0.1, 0.15) is 115 Å². The van der Waals surface area contributed by atoms with Gasteiger partial charge in [0.1, 0.15) is 0 Å². The zero-order valence-electron chi connectivity index (χ0n) is 22.5. The molecule has 0 atom stereocenters. The van der Waals surface area contributed by atoms with Gasteiger partial charge >= 0.3 is 0 Å². The van der Waals surface area contributed by atoms with Crippen LogP contribution >= 0.6 is 0 Å². The second-order valence-electron chi connectivity index (χ2n) is 9.63. The van der Waals surface area contributed by atoms with Crippen molar-refractivity contribution in [2.24, 2.45) is 9.98 Å². The first-order valence-electron chi connectivity index (χ1n) is 14.0. The van der Waals surface area contributed by atoms with E-state index in [0.717, 1.165) is 29.9 Å². The fourth-order valence-electron chi connectivity index (χ4n) is 4.19. The van der Waals surface area contributed by atoms with Crippen molar-refractivity contribution in [1.29, 1.82) is 0 Å². The number of unbranched alkanes of at least 4 members (excludes halogenated alkanes) is 9. The fraction of sp³-hybridized carbons (Fsp3) is 0.562. The maximum atomic E-state index is 4.98. The molecule has 0 spiro atoms. The van der Waals surface area contributed by atoms with Gasteiger partial charge in [-0.15, -0.1) is 0 Å². The van der Waals surface area contributed by atoms with E-state index in [0.29, 0.717) is 0 Å². The first kappa shape index (κ1) is 31.3. The monoisotopic (exact) mass is 518 g/mol. The number of rotatable bonds is 18. The van der Waals surface area contributed by atoms with Crippen LogP contribution in [0.3, 0.4) is 0 Å². The van der Waals surface area contributed by atoms with E-state index in [1.807, 2.05) is 6.21 Å². The first-order valence-corrected chi connectivity index (χ1v) is 14.0. The third kappa shape index (κ3) is 14.4. The number of nitrogens with zero attached hydrogens (tertiary/aromatic N) is 2. The van der Waals surface area contributed by atoms with Crippen molar-refractivity contribution in [3.63, 3.8) is 0 Å². The molecule has 0 saturated carbocycles. The smallest absolute Gasteiger partial charge is 0.0633 e. The van der Waals surface area contributed by atoms with Gasteiger partial charge in [-0.05, 0) is 73.9 Å². The van der Waals surface area contributed by atoms with Crippen molar-refractivity contribution in [3.05, 3.63) is 59.7 Å². The van der Waals surface area contributed by atoms with Crippen molar-refractivity contribution in [2.75, 3.05) is 0 Å². The molecule has 196 valence electrons. The fourth-order valence-corrected chi connectivity index (χ4v) is 4.19. The van der Waals surface area contributed by atoms with Crippen molar-refractivity contribution in [2.45, 2.75) is 117 Å². The Balaban J connectivity index is 0.00000612. The number of hydrogen-bond acceptors (Lipinski definition) is 2. The summed E-state index contributed by atoms with van der Waals surface area (Å²) in [6.07, 6.45) is 20.8. The van der Waals surface area contributed by atoms with Gasteiger partial charge in [-0.3, -0.25) is 9.98 Å². The van der Waals surface area contributed by atoms with Crippen LogP contribution in [0.15, 0.2) is 58.5 Å². The Kier molecular flexibility index (Phi) is 18.3. The Hall–Kier alpha value is -1.73. The van der Waals surface area contributed by atoms with Crippen LogP contribution in [-0.2, 0) is 29.3 Å². The Morgan fingerprint density at radius 3 is 1.57 bits per heavy atom. The van der Waals surface area contributed by atoms with E-state index in [2.05, 4.69) is 69.3 Å². The van der Waals surface area contributed by atoms with E-state index < -0.39 is 0 Å². The summed E-state index contributed by atoms with van der Waals surface area (Å²) in [5.41, 5.74) is 5.96. The summed E-state index contributed by atoms with van der Waals surface area (Å²) in [5.74, 6) is 0. The van der Waals surface area contributed by atoms with Gasteiger partial charge in [-0.2, -0.15) is 0 Å². The molecule has 0 aliphatic rings. The van der Waals surface area contributed by atoms with E-state index in [1.54, 1.807) is 0 Å². The maximum Gasteiger partial charge on any atom is 0.0633 e. The van der Waals surface area contributed by atoms with Gasteiger partial charge < -0.3 is 0 Å². The summed E-state index contributed by atoms with van der Waals surface area (Å²) in [5, 5.41) is 0. The van der Waals surface area contributed by atoms with Crippen molar-refractivity contribution in [1.82, 2.24) is 0 Å². The zero-order chi connectivity index (χ0) is 24.3. The molecular formula is C32H48N2Ni. The van der Waals surface area contributed by atoms with E-state index in [1.165, 1.54) is 94.6 Å². The quantitative estimate of drug-likeness (QED) is 0.106. The van der Waals surface area contributed by atoms with E-state index in [-0.39, 0.29) is 16.5 Å². The van der Waals surface area contributed by atoms with E-state index in [9.17, 15) is 0 Å². The van der Waals surface area contributed by atoms with Crippen molar-refractivity contribution >= 4 is 23.3 Å². The molecule has 2 aromatic rings. The normalized spacial score (nSPS) is 11.7. The molecule has 3 heteroatoms. The van der Waals surface area contributed by atoms with Gasteiger partial charge in [0, 0.05) is 22.7 Å². The average molecular weight is 519 g/mol. The third-order valence-corrected chi connectivity index (χ3v) is 6.43. The summed E-state index contributed by atoms with van der Waals surface area (Å²) in [6, 6.07) is 17.6. The molecular weight excluding hydrogens is 471 g/mol. The SMILES string of the molecule is CCCCCCCCC(C=Nc1ccc(CCCCC)cc1)=Nc1ccc(CCCCC)cc1.[Ni]. The predicted octanol–water partition coefficient (Wildman–Crippen LogP) is 10.4. The molecule has 2 aromatic carbocycles. The molecule has 0 aliphatic carbocycles. The number of benzene rings is 2. The molecule has 0 amide bonds. The third-order valence-electron chi connectivity index (χ3n) is 6.43. The van der Waals surface area contributed by atoms with Crippen molar-refractivity contribution < 1.29 is 16.5 Å². The minimum Gasteiger partial charge on any atom is -0.255 e. The Morgan fingerprint density at radius 2 is 1.03 bits per heavy atom. The maximum absolute atomic E-state index is 4.98. The van der Waals surface area contributed by atoms with Crippen LogP contribution in [0.2, 0.25) is 0 Å². The molecule has 2 rings (SSSR count). The Labute approximate surface area is 226 Å². The number of aliphatic imine (C=N–C) groups is 2. The first-order chi connectivity index (χ1) is 16.7. The van der Waals surface area contributed by atoms with Crippen LogP contribution in [-0.4, -0.2) is 11.9 Å². The van der Waals surface area contributed by atoms with Gasteiger partial charge in [0.2, 0.25) is 0 Å². The summed E-state index contributed by atoms with van der Waals surface area (Å²) in [7, 11) is 0. The van der Waals surface area contributed by atoms with E-state index in [4.69, 9.17) is 9.98 Å². The minimum absolute atomic E-state index is 0. The van der Waals surface area contributed by atoms with Gasteiger partial charge in [-0.25, -0.2) is 0 Å². The van der Waals surface area contributed by atoms with Crippen LogP contribution in [0, 0.1) is 0 Å². The molecule has 0 radical (unpaired) electrons. The minimum atomic E-state index is 0. The second kappa shape index (κ2) is 20.5. The summed E-state index contributed by atoms with van der Waals surface area (Å²) in [4.78, 5) is 9.76. The standard InChI is InChI=1S/C32H48N2.Ni/c1-4-7-10-11-12-15-18-32(34-31-25-21-29(22-26-31)17-14-9-6-3)27-33-30-23-19-28(20-24-30)16-13-8-5-2;/h19-27H,4-18H2,1-3H3;. The topological polar surface area (TPSA) is 24.7 Å². The summed E-state index contributed by atoms with van der Waals surface area (Å²) in [6.45, 7) is 6.78. The second-order valence-corrected chi connectivity index (χ2v) is 9.63. The zero-order valence-corrected chi connectivity index (χ0v) is 23.5. The molecule has 0 aromatic heterocycles. The summed E-state index contributed by atoms with van der Waals surface area (Å²) >= 11 is 0. The largest absolute Gasteiger partial charge is 0.255 e.